The van der Waals surface area contributed by atoms with Crippen LogP contribution in [0.2, 0.25) is 0 Å². The zero-order chi connectivity index (χ0) is 21.8. The van der Waals surface area contributed by atoms with E-state index in [0.717, 1.165) is 15.9 Å². The first-order chi connectivity index (χ1) is 15.0. The number of carbonyl (C=O) groups excluding carboxylic acids is 2. The molecule has 0 aliphatic rings. The lowest BCUT2D eigenvalue weighted by Gasteiger charge is -2.11. The minimum atomic E-state index is -0.320. The SMILES string of the molecule is Cc1nccn1Cc1ccc(NC(=O)c2ccccc2C(=O)c2ccc(Br)cc2)cc1. The van der Waals surface area contributed by atoms with Gasteiger partial charge in [-0.1, -0.05) is 46.3 Å². The normalized spacial score (nSPS) is 10.6. The van der Waals surface area contributed by atoms with Gasteiger partial charge in [-0.15, -0.1) is 0 Å². The molecule has 0 bridgehead atoms. The van der Waals surface area contributed by atoms with Crippen LogP contribution >= 0.6 is 15.9 Å². The number of hydrogen-bond acceptors (Lipinski definition) is 3. The van der Waals surface area contributed by atoms with Gasteiger partial charge in [-0.25, -0.2) is 4.98 Å². The summed E-state index contributed by atoms with van der Waals surface area (Å²) >= 11 is 3.37. The molecule has 1 aromatic heterocycles. The van der Waals surface area contributed by atoms with Crippen molar-refractivity contribution in [2.45, 2.75) is 13.5 Å². The number of aryl methyl sites for hydroxylation is 1. The Morgan fingerprint density at radius 3 is 2.26 bits per heavy atom. The third-order valence-electron chi connectivity index (χ3n) is 5.01. The number of anilines is 1. The monoisotopic (exact) mass is 473 g/mol. The van der Waals surface area contributed by atoms with Crippen LogP contribution in [-0.4, -0.2) is 21.2 Å². The Kier molecular flexibility index (Phi) is 6.09. The topological polar surface area (TPSA) is 64.0 Å². The lowest BCUT2D eigenvalue weighted by atomic mass is 9.98. The van der Waals surface area contributed by atoms with Crippen molar-refractivity contribution in [1.29, 1.82) is 0 Å². The molecule has 0 saturated heterocycles. The zero-order valence-electron chi connectivity index (χ0n) is 16.9. The number of nitrogens with one attached hydrogen (secondary N) is 1. The van der Waals surface area contributed by atoms with E-state index in [9.17, 15) is 9.59 Å². The molecule has 4 rings (SSSR count). The summed E-state index contributed by atoms with van der Waals surface area (Å²) in [4.78, 5) is 30.1. The van der Waals surface area contributed by atoms with Crippen LogP contribution in [-0.2, 0) is 6.54 Å². The maximum atomic E-state index is 13.0. The molecule has 5 nitrogen and oxygen atoms in total. The van der Waals surface area contributed by atoms with Crippen LogP contribution < -0.4 is 5.32 Å². The third-order valence-corrected chi connectivity index (χ3v) is 5.54. The number of aromatic nitrogens is 2. The minimum Gasteiger partial charge on any atom is -0.331 e. The van der Waals surface area contributed by atoms with E-state index in [4.69, 9.17) is 0 Å². The number of nitrogens with zero attached hydrogens (tertiary/aromatic N) is 2. The smallest absolute Gasteiger partial charge is 0.256 e. The lowest BCUT2D eigenvalue weighted by Crippen LogP contribution is -2.17. The van der Waals surface area contributed by atoms with Crippen molar-refractivity contribution in [3.8, 4) is 0 Å². The van der Waals surface area contributed by atoms with Gasteiger partial charge in [-0.05, 0) is 55.0 Å². The van der Waals surface area contributed by atoms with Crippen molar-refractivity contribution in [1.82, 2.24) is 9.55 Å². The first-order valence-corrected chi connectivity index (χ1v) is 10.6. The number of amides is 1. The van der Waals surface area contributed by atoms with E-state index in [1.165, 1.54) is 0 Å². The highest BCUT2D eigenvalue weighted by Crippen LogP contribution is 2.19. The van der Waals surface area contributed by atoms with Gasteiger partial charge in [-0.2, -0.15) is 0 Å². The molecule has 1 amide bonds. The molecule has 0 aliphatic heterocycles. The van der Waals surface area contributed by atoms with Crippen molar-refractivity contribution < 1.29 is 9.59 Å². The van der Waals surface area contributed by atoms with Gasteiger partial charge in [0.2, 0.25) is 0 Å². The molecule has 154 valence electrons. The van der Waals surface area contributed by atoms with Crippen molar-refractivity contribution in [2.24, 2.45) is 0 Å². The Morgan fingerprint density at radius 2 is 1.61 bits per heavy atom. The number of benzene rings is 3. The number of ketones is 1. The van der Waals surface area contributed by atoms with Crippen LogP contribution in [0.5, 0.6) is 0 Å². The van der Waals surface area contributed by atoms with Gasteiger partial charge in [-0.3, -0.25) is 9.59 Å². The standard InChI is InChI=1S/C25H20BrN3O2/c1-17-27-14-15-29(17)16-18-6-12-21(13-7-18)28-25(31)23-5-3-2-4-22(23)24(30)19-8-10-20(26)11-9-19/h2-15H,16H2,1H3,(H,28,31). The molecule has 0 atom stereocenters. The maximum absolute atomic E-state index is 13.0. The Bertz CT molecular complexity index is 1230. The van der Waals surface area contributed by atoms with Crippen molar-refractivity contribution >= 4 is 33.3 Å². The Labute approximate surface area is 188 Å². The Morgan fingerprint density at radius 1 is 0.935 bits per heavy atom. The molecule has 0 aliphatic carbocycles. The fraction of sp³-hybridized carbons (Fsp3) is 0.0800. The second kappa shape index (κ2) is 9.10. The highest BCUT2D eigenvalue weighted by molar-refractivity contribution is 9.10. The Balaban J connectivity index is 1.51. The number of imidazole rings is 1. The summed E-state index contributed by atoms with van der Waals surface area (Å²) in [6, 6.07) is 21.6. The zero-order valence-corrected chi connectivity index (χ0v) is 18.5. The number of carbonyl (C=O) groups is 2. The summed E-state index contributed by atoms with van der Waals surface area (Å²) in [5.74, 6) is 0.438. The van der Waals surface area contributed by atoms with Crippen molar-refractivity contribution in [3.63, 3.8) is 0 Å². The van der Waals surface area contributed by atoms with Gasteiger partial charge in [0.05, 0.1) is 5.56 Å². The highest BCUT2D eigenvalue weighted by Gasteiger charge is 2.18. The van der Waals surface area contributed by atoms with E-state index in [0.29, 0.717) is 28.9 Å². The molecule has 0 radical (unpaired) electrons. The first kappa shape index (κ1) is 20.8. The van der Waals surface area contributed by atoms with Gasteiger partial charge < -0.3 is 9.88 Å². The molecule has 1 heterocycles. The largest absolute Gasteiger partial charge is 0.331 e. The number of halogens is 1. The van der Waals surface area contributed by atoms with Gasteiger partial charge in [0.1, 0.15) is 5.82 Å². The average Bonchev–Trinajstić information content (AvgIpc) is 3.19. The van der Waals surface area contributed by atoms with Crippen LogP contribution in [0.4, 0.5) is 5.69 Å². The summed E-state index contributed by atoms with van der Waals surface area (Å²) < 4.78 is 2.94. The summed E-state index contributed by atoms with van der Waals surface area (Å²) in [5.41, 5.74) is 3.01. The molecule has 0 saturated carbocycles. The van der Waals surface area contributed by atoms with E-state index < -0.39 is 0 Å². The summed E-state index contributed by atoms with van der Waals surface area (Å²) in [6.07, 6.45) is 3.71. The van der Waals surface area contributed by atoms with E-state index in [-0.39, 0.29) is 11.7 Å². The summed E-state index contributed by atoms with van der Waals surface area (Å²) in [5, 5.41) is 2.89. The second-order valence-electron chi connectivity index (χ2n) is 7.14. The number of rotatable bonds is 6. The van der Waals surface area contributed by atoms with E-state index in [1.807, 2.05) is 49.5 Å². The molecule has 0 fully saturated rings. The van der Waals surface area contributed by atoms with E-state index >= 15 is 0 Å². The Hall–Kier alpha value is -3.51. The molecular weight excluding hydrogens is 454 g/mol. The van der Waals surface area contributed by atoms with E-state index in [1.54, 1.807) is 42.6 Å². The van der Waals surface area contributed by atoms with E-state index in [2.05, 4.69) is 30.8 Å². The predicted molar refractivity (Wildman–Crippen MR) is 124 cm³/mol. The van der Waals surface area contributed by atoms with Crippen LogP contribution in [0.15, 0.2) is 89.7 Å². The van der Waals surface area contributed by atoms with Crippen LogP contribution in [0.1, 0.15) is 37.7 Å². The summed E-state index contributed by atoms with van der Waals surface area (Å²) in [7, 11) is 0. The predicted octanol–water partition coefficient (Wildman–Crippen LogP) is 5.49. The van der Waals surface area contributed by atoms with Gasteiger partial charge >= 0.3 is 0 Å². The van der Waals surface area contributed by atoms with Crippen molar-refractivity contribution in [2.75, 3.05) is 5.32 Å². The fourth-order valence-electron chi connectivity index (χ4n) is 3.30. The first-order valence-electron chi connectivity index (χ1n) is 9.78. The average molecular weight is 474 g/mol. The quantitative estimate of drug-likeness (QED) is 0.376. The highest BCUT2D eigenvalue weighted by atomic mass is 79.9. The lowest BCUT2D eigenvalue weighted by molar-refractivity contribution is 0.0996. The molecule has 6 heteroatoms. The molecule has 4 aromatic rings. The summed E-state index contributed by atoms with van der Waals surface area (Å²) in [6.45, 7) is 2.67. The van der Waals surface area contributed by atoms with Gasteiger partial charge in [0, 0.05) is 40.2 Å². The molecule has 0 spiro atoms. The fourth-order valence-corrected chi connectivity index (χ4v) is 3.56. The van der Waals surface area contributed by atoms with Gasteiger partial charge in [0.15, 0.2) is 5.78 Å². The van der Waals surface area contributed by atoms with Crippen LogP contribution in [0.3, 0.4) is 0 Å². The van der Waals surface area contributed by atoms with Crippen molar-refractivity contribution in [3.05, 3.63) is 118 Å². The minimum absolute atomic E-state index is 0.190. The molecule has 0 unspecified atom stereocenters. The van der Waals surface area contributed by atoms with Crippen LogP contribution in [0.25, 0.3) is 0 Å². The maximum Gasteiger partial charge on any atom is 0.256 e. The number of hydrogen-bond donors (Lipinski definition) is 1. The van der Waals surface area contributed by atoms with Gasteiger partial charge in [0.25, 0.3) is 5.91 Å². The molecular formula is C25H20BrN3O2. The molecule has 1 N–H and O–H groups in total. The molecule has 31 heavy (non-hydrogen) atoms. The second-order valence-corrected chi connectivity index (χ2v) is 8.05. The third kappa shape index (κ3) is 4.81. The molecule has 3 aromatic carbocycles. The van der Waals surface area contributed by atoms with Crippen LogP contribution in [0, 0.1) is 6.92 Å².